The Balaban J connectivity index is 1.79. The molecule has 3 nitrogen and oxygen atoms in total. The first kappa shape index (κ1) is 11.5. The van der Waals surface area contributed by atoms with Crippen LogP contribution < -0.4 is 5.73 Å². The molecule has 1 aliphatic rings. The molecule has 0 bridgehead atoms. The lowest BCUT2D eigenvalue weighted by Gasteiger charge is -2.23. The molecule has 1 aliphatic carbocycles. The minimum atomic E-state index is -0.329. The average molecular weight is 224 g/mol. The molecule has 2 N–H and O–H groups in total. The summed E-state index contributed by atoms with van der Waals surface area (Å²) < 4.78 is 18.4. The average Bonchev–Trinajstić information content (AvgIpc) is 2.65. The van der Waals surface area contributed by atoms with E-state index in [9.17, 15) is 4.39 Å². The standard InChI is InChI=1S/C12H17FN2O/c13-11-5-10(6-15-7-11)8-16-9-12(14)3-1-2-4-12/h5-7H,1-4,8-9,14H2. The van der Waals surface area contributed by atoms with Gasteiger partial charge in [-0.25, -0.2) is 4.39 Å². The summed E-state index contributed by atoms with van der Waals surface area (Å²) in [6, 6.07) is 1.44. The fourth-order valence-electron chi connectivity index (χ4n) is 2.13. The summed E-state index contributed by atoms with van der Waals surface area (Å²) in [7, 11) is 0. The molecule has 0 aromatic carbocycles. The summed E-state index contributed by atoms with van der Waals surface area (Å²) in [6.07, 6.45) is 7.21. The molecule has 1 aromatic rings. The summed E-state index contributed by atoms with van der Waals surface area (Å²) in [5.41, 5.74) is 6.72. The summed E-state index contributed by atoms with van der Waals surface area (Å²) in [4.78, 5) is 3.77. The van der Waals surface area contributed by atoms with Gasteiger partial charge in [-0.2, -0.15) is 0 Å². The number of ether oxygens (including phenoxy) is 1. The smallest absolute Gasteiger partial charge is 0.141 e. The zero-order valence-corrected chi connectivity index (χ0v) is 9.29. The molecule has 16 heavy (non-hydrogen) atoms. The Labute approximate surface area is 94.8 Å². The second-order valence-electron chi connectivity index (χ2n) is 4.57. The Kier molecular flexibility index (Phi) is 3.51. The molecule has 0 amide bonds. The predicted octanol–water partition coefficient (Wildman–Crippen LogP) is 2.01. The van der Waals surface area contributed by atoms with Crippen LogP contribution in [0.25, 0.3) is 0 Å². The van der Waals surface area contributed by atoms with Gasteiger partial charge in [-0.15, -0.1) is 0 Å². The lowest BCUT2D eigenvalue weighted by molar-refractivity contribution is 0.0748. The van der Waals surface area contributed by atoms with Gasteiger partial charge in [0.05, 0.1) is 19.4 Å². The fourth-order valence-corrected chi connectivity index (χ4v) is 2.13. The number of nitrogens with zero attached hydrogens (tertiary/aromatic N) is 1. The number of aromatic nitrogens is 1. The van der Waals surface area contributed by atoms with Gasteiger partial charge in [-0.1, -0.05) is 12.8 Å². The van der Waals surface area contributed by atoms with E-state index in [0.717, 1.165) is 18.4 Å². The number of rotatable bonds is 4. The zero-order chi connectivity index (χ0) is 11.4. The van der Waals surface area contributed by atoms with Gasteiger partial charge in [0.15, 0.2) is 0 Å². The molecule has 0 spiro atoms. The van der Waals surface area contributed by atoms with Gasteiger partial charge >= 0.3 is 0 Å². The number of hydrogen-bond donors (Lipinski definition) is 1. The molecule has 1 fully saturated rings. The van der Waals surface area contributed by atoms with E-state index in [1.807, 2.05) is 0 Å². The van der Waals surface area contributed by atoms with E-state index >= 15 is 0 Å². The van der Waals surface area contributed by atoms with Crippen LogP contribution in [0.4, 0.5) is 4.39 Å². The summed E-state index contributed by atoms with van der Waals surface area (Å²) >= 11 is 0. The second kappa shape index (κ2) is 4.89. The van der Waals surface area contributed by atoms with Crippen molar-refractivity contribution in [3.63, 3.8) is 0 Å². The topological polar surface area (TPSA) is 48.1 Å². The largest absolute Gasteiger partial charge is 0.375 e. The van der Waals surface area contributed by atoms with Crippen molar-refractivity contribution in [2.24, 2.45) is 5.73 Å². The van der Waals surface area contributed by atoms with Crippen LogP contribution in [0.15, 0.2) is 18.5 Å². The molecular formula is C12H17FN2O. The minimum Gasteiger partial charge on any atom is -0.375 e. The highest BCUT2D eigenvalue weighted by molar-refractivity contribution is 5.08. The van der Waals surface area contributed by atoms with E-state index in [1.54, 1.807) is 6.20 Å². The Morgan fingerprint density at radius 3 is 2.81 bits per heavy atom. The zero-order valence-electron chi connectivity index (χ0n) is 9.29. The van der Waals surface area contributed by atoms with Crippen LogP contribution >= 0.6 is 0 Å². The van der Waals surface area contributed by atoms with Crippen molar-refractivity contribution in [1.29, 1.82) is 0 Å². The highest BCUT2D eigenvalue weighted by Gasteiger charge is 2.29. The van der Waals surface area contributed by atoms with Crippen LogP contribution in [-0.4, -0.2) is 17.1 Å². The third-order valence-corrected chi connectivity index (χ3v) is 3.02. The molecule has 1 saturated carbocycles. The van der Waals surface area contributed by atoms with Crippen molar-refractivity contribution in [2.75, 3.05) is 6.61 Å². The lowest BCUT2D eigenvalue weighted by Crippen LogP contribution is -2.41. The molecule has 2 rings (SSSR count). The molecular weight excluding hydrogens is 207 g/mol. The van der Waals surface area contributed by atoms with Gasteiger partial charge in [-0.05, 0) is 24.5 Å². The van der Waals surface area contributed by atoms with E-state index in [-0.39, 0.29) is 11.4 Å². The molecule has 0 unspecified atom stereocenters. The molecule has 1 heterocycles. The van der Waals surface area contributed by atoms with Crippen LogP contribution in [0.5, 0.6) is 0 Å². The second-order valence-corrected chi connectivity index (χ2v) is 4.57. The number of halogens is 1. The van der Waals surface area contributed by atoms with Gasteiger partial charge in [0.1, 0.15) is 5.82 Å². The van der Waals surface area contributed by atoms with Gasteiger partial charge in [-0.3, -0.25) is 4.98 Å². The lowest BCUT2D eigenvalue weighted by atomic mass is 10.0. The van der Waals surface area contributed by atoms with Crippen LogP contribution in [0.1, 0.15) is 31.2 Å². The molecule has 1 aromatic heterocycles. The van der Waals surface area contributed by atoms with Crippen molar-refractivity contribution in [2.45, 2.75) is 37.8 Å². The molecule has 0 saturated heterocycles. The SMILES string of the molecule is NC1(COCc2cncc(F)c2)CCCC1. The third-order valence-electron chi connectivity index (χ3n) is 3.02. The number of hydrogen-bond acceptors (Lipinski definition) is 3. The van der Waals surface area contributed by atoms with Crippen molar-refractivity contribution in [3.05, 3.63) is 29.8 Å². The molecule has 4 heteroatoms. The van der Waals surface area contributed by atoms with E-state index in [4.69, 9.17) is 10.5 Å². The van der Waals surface area contributed by atoms with Gasteiger partial charge in [0, 0.05) is 11.7 Å². The van der Waals surface area contributed by atoms with E-state index in [1.165, 1.54) is 25.1 Å². The monoisotopic (exact) mass is 224 g/mol. The number of pyridine rings is 1. The van der Waals surface area contributed by atoms with Gasteiger partial charge in [0.25, 0.3) is 0 Å². The van der Waals surface area contributed by atoms with Crippen LogP contribution in [0.2, 0.25) is 0 Å². The maximum atomic E-state index is 12.8. The minimum absolute atomic E-state index is 0.166. The van der Waals surface area contributed by atoms with Crippen molar-refractivity contribution in [3.8, 4) is 0 Å². The first-order valence-corrected chi connectivity index (χ1v) is 5.64. The summed E-state index contributed by atoms with van der Waals surface area (Å²) in [6.45, 7) is 0.924. The van der Waals surface area contributed by atoms with Crippen LogP contribution in [0.3, 0.4) is 0 Å². The first-order valence-electron chi connectivity index (χ1n) is 5.64. The fraction of sp³-hybridized carbons (Fsp3) is 0.583. The van der Waals surface area contributed by atoms with E-state index in [2.05, 4.69) is 4.98 Å². The summed E-state index contributed by atoms with van der Waals surface area (Å²) in [5, 5.41) is 0. The quantitative estimate of drug-likeness (QED) is 0.851. The normalized spacial score (nSPS) is 18.9. The predicted molar refractivity (Wildman–Crippen MR) is 59.2 cm³/mol. The molecule has 0 atom stereocenters. The maximum absolute atomic E-state index is 12.8. The third kappa shape index (κ3) is 3.00. The van der Waals surface area contributed by atoms with Gasteiger partial charge < -0.3 is 10.5 Å². The van der Waals surface area contributed by atoms with Gasteiger partial charge in [0.2, 0.25) is 0 Å². The Morgan fingerprint density at radius 2 is 2.12 bits per heavy atom. The summed E-state index contributed by atoms with van der Waals surface area (Å²) in [5.74, 6) is -0.329. The van der Waals surface area contributed by atoms with Crippen molar-refractivity contribution < 1.29 is 9.13 Å². The number of nitrogens with two attached hydrogens (primary N) is 1. The molecule has 0 radical (unpaired) electrons. The van der Waals surface area contributed by atoms with Crippen LogP contribution in [0, 0.1) is 5.82 Å². The maximum Gasteiger partial charge on any atom is 0.141 e. The first-order chi connectivity index (χ1) is 7.68. The molecule has 88 valence electrons. The van der Waals surface area contributed by atoms with Crippen molar-refractivity contribution >= 4 is 0 Å². The Morgan fingerprint density at radius 1 is 1.38 bits per heavy atom. The molecule has 0 aliphatic heterocycles. The highest BCUT2D eigenvalue weighted by atomic mass is 19.1. The van der Waals surface area contributed by atoms with E-state index in [0.29, 0.717) is 13.2 Å². The highest BCUT2D eigenvalue weighted by Crippen LogP contribution is 2.27. The van der Waals surface area contributed by atoms with Crippen molar-refractivity contribution in [1.82, 2.24) is 4.98 Å². The Hall–Kier alpha value is -1.00. The van der Waals surface area contributed by atoms with Crippen LogP contribution in [-0.2, 0) is 11.3 Å². The van der Waals surface area contributed by atoms with E-state index < -0.39 is 0 Å². The Bertz CT molecular complexity index is 351.